The summed E-state index contributed by atoms with van der Waals surface area (Å²) in [6, 6.07) is 18.9. The lowest BCUT2D eigenvalue weighted by molar-refractivity contribution is -0.118. The van der Waals surface area contributed by atoms with Crippen LogP contribution in [0.3, 0.4) is 0 Å². The van der Waals surface area contributed by atoms with Crippen molar-refractivity contribution >= 4 is 33.8 Å². The minimum atomic E-state index is -0.340. The van der Waals surface area contributed by atoms with Crippen molar-refractivity contribution in [3.63, 3.8) is 0 Å². The summed E-state index contributed by atoms with van der Waals surface area (Å²) in [6.45, 7) is 2.18. The van der Waals surface area contributed by atoms with Crippen LogP contribution in [0.2, 0.25) is 0 Å². The van der Waals surface area contributed by atoms with Crippen molar-refractivity contribution in [2.45, 2.75) is 24.6 Å². The zero-order chi connectivity index (χ0) is 17.4. The number of aromatic nitrogens is 1. The fraction of sp³-hybridized carbons (Fsp3) is 0.200. The Balaban J connectivity index is 1.69. The number of carbonyl (C=O) groups is 2. The van der Waals surface area contributed by atoms with Crippen LogP contribution in [0.5, 0.6) is 0 Å². The van der Waals surface area contributed by atoms with Gasteiger partial charge < -0.3 is 4.57 Å². The lowest BCUT2D eigenvalue weighted by atomic mass is 10.0. The van der Waals surface area contributed by atoms with Gasteiger partial charge >= 0.3 is 0 Å². The smallest absolute Gasteiger partial charge is 0.286 e. The molecule has 2 amide bonds. The number of carbonyl (C=O) groups excluding carboxylic acids is 2. The summed E-state index contributed by atoms with van der Waals surface area (Å²) in [5.41, 5.74) is 3.49. The van der Waals surface area contributed by atoms with E-state index in [2.05, 4.69) is 59.4 Å². The summed E-state index contributed by atoms with van der Waals surface area (Å²) in [5, 5.41) is 2.90. The Morgan fingerprint density at radius 2 is 1.88 bits per heavy atom. The second kappa shape index (κ2) is 6.41. The predicted molar refractivity (Wildman–Crippen MR) is 101 cm³/mol. The maximum atomic E-state index is 11.9. The van der Waals surface area contributed by atoms with E-state index in [0.29, 0.717) is 6.42 Å². The normalized spacial score (nSPS) is 18.5. The number of thioether (sulfide) groups is 1. The molecule has 0 bridgehead atoms. The molecule has 1 aromatic heterocycles. The number of amides is 2. The quantitative estimate of drug-likeness (QED) is 0.769. The third kappa shape index (κ3) is 2.96. The van der Waals surface area contributed by atoms with Crippen LogP contribution in [0.15, 0.2) is 60.8 Å². The molecule has 1 N–H and O–H groups in total. The maximum Gasteiger partial charge on any atom is 0.286 e. The van der Waals surface area contributed by atoms with E-state index < -0.39 is 0 Å². The van der Waals surface area contributed by atoms with Crippen LogP contribution in [0.4, 0.5) is 4.79 Å². The van der Waals surface area contributed by atoms with Crippen molar-refractivity contribution in [2.24, 2.45) is 0 Å². The molecule has 0 saturated carbocycles. The van der Waals surface area contributed by atoms with E-state index in [4.69, 9.17) is 0 Å². The average molecular weight is 350 g/mol. The Labute approximate surface area is 150 Å². The molecule has 5 heteroatoms. The Kier molecular flexibility index (Phi) is 4.09. The lowest BCUT2D eigenvalue weighted by Gasteiger charge is -2.16. The van der Waals surface area contributed by atoms with E-state index in [1.807, 2.05) is 18.2 Å². The van der Waals surface area contributed by atoms with Crippen molar-refractivity contribution in [3.8, 4) is 0 Å². The number of benzene rings is 2. The summed E-state index contributed by atoms with van der Waals surface area (Å²) in [4.78, 5) is 23.3. The van der Waals surface area contributed by atoms with Gasteiger partial charge in [-0.25, -0.2) is 0 Å². The monoisotopic (exact) mass is 350 g/mol. The third-order valence-corrected chi connectivity index (χ3v) is 5.71. The van der Waals surface area contributed by atoms with Gasteiger partial charge in [-0.1, -0.05) is 54.2 Å². The molecule has 2 heterocycles. The molecule has 1 aliphatic heterocycles. The molecule has 3 aromatic rings. The molecule has 126 valence electrons. The van der Waals surface area contributed by atoms with Crippen LogP contribution in [-0.2, 0) is 11.2 Å². The number of nitrogens with zero attached hydrogens (tertiary/aromatic N) is 1. The van der Waals surface area contributed by atoms with Crippen molar-refractivity contribution in [1.29, 1.82) is 0 Å². The van der Waals surface area contributed by atoms with Gasteiger partial charge in [0.15, 0.2) is 0 Å². The topological polar surface area (TPSA) is 51.1 Å². The molecule has 4 rings (SSSR count). The molecule has 0 radical (unpaired) electrons. The second-order valence-corrected chi connectivity index (χ2v) is 7.42. The summed E-state index contributed by atoms with van der Waals surface area (Å²) >= 11 is 1.08. The molecule has 1 aliphatic rings. The van der Waals surface area contributed by atoms with Crippen molar-refractivity contribution in [3.05, 3.63) is 71.9 Å². The summed E-state index contributed by atoms with van der Waals surface area (Å²) in [5.74, 6) is -0.191. The van der Waals surface area contributed by atoms with Crippen LogP contribution < -0.4 is 5.32 Å². The number of imide groups is 1. The van der Waals surface area contributed by atoms with E-state index in [-0.39, 0.29) is 22.4 Å². The van der Waals surface area contributed by atoms with E-state index in [1.165, 1.54) is 5.56 Å². The maximum absolute atomic E-state index is 11.9. The van der Waals surface area contributed by atoms with Gasteiger partial charge in [-0.05, 0) is 36.6 Å². The molecule has 2 atom stereocenters. The van der Waals surface area contributed by atoms with Gasteiger partial charge in [-0.2, -0.15) is 0 Å². The SMILES string of the molecule is CC(c1ccccc1)n1ccc2c(CC3SC(=O)NC3=O)cccc21. The fourth-order valence-corrected chi connectivity index (χ4v) is 4.23. The van der Waals surface area contributed by atoms with Gasteiger partial charge in [0.1, 0.15) is 0 Å². The first-order chi connectivity index (χ1) is 12.1. The lowest BCUT2D eigenvalue weighted by Crippen LogP contribution is -2.25. The van der Waals surface area contributed by atoms with E-state index in [1.54, 1.807) is 0 Å². The molecule has 1 saturated heterocycles. The van der Waals surface area contributed by atoms with Crippen molar-refractivity contribution < 1.29 is 9.59 Å². The highest BCUT2D eigenvalue weighted by Crippen LogP contribution is 2.30. The highest BCUT2D eigenvalue weighted by Gasteiger charge is 2.32. The summed E-state index contributed by atoms with van der Waals surface area (Å²) in [7, 11) is 0. The number of hydrogen-bond acceptors (Lipinski definition) is 3. The van der Waals surface area contributed by atoms with Gasteiger partial charge in [0.25, 0.3) is 5.24 Å². The van der Waals surface area contributed by atoms with Crippen LogP contribution in [0.25, 0.3) is 10.9 Å². The Hall–Kier alpha value is -2.53. The van der Waals surface area contributed by atoms with Gasteiger partial charge in [0, 0.05) is 17.1 Å². The zero-order valence-electron chi connectivity index (χ0n) is 13.8. The average Bonchev–Trinajstić information content (AvgIpc) is 3.19. The molecule has 2 unspecified atom stereocenters. The second-order valence-electron chi connectivity index (χ2n) is 6.25. The van der Waals surface area contributed by atoms with Crippen LogP contribution >= 0.6 is 11.8 Å². The van der Waals surface area contributed by atoms with Gasteiger partial charge in [0.2, 0.25) is 5.91 Å². The molecule has 0 aliphatic carbocycles. The standard InChI is InChI=1S/C20H18N2O2S/c1-13(14-6-3-2-4-7-14)22-11-10-16-15(8-5-9-17(16)22)12-18-19(23)21-20(24)25-18/h2-11,13,18H,12H2,1H3,(H,21,23,24). The molecule has 1 fully saturated rings. The van der Waals surface area contributed by atoms with Gasteiger partial charge in [-0.15, -0.1) is 0 Å². The number of nitrogens with one attached hydrogen (secondary N) is 1. The molecule has 2 aromatic carbocycles. The molecule has 4 nitrogen and oxygen atoms in total. The third-order valence-electron chi connectivity index (χ3n) is 4.72. The summed E-state index contributed by atoms with van der Waals surface area (Å²) < 4.78 is 2.25. The molecular formula is C20H18N2O2S. The first-order valence-corrected chi connectivity index (χ1v) is 9.16. The van der Waals surface area contributed by atoms with E-state index >= 15 is 0 Å². The van der Waals surface area contributed by atoms with Gasteiger partial charge in [0.05, 0.1) is 11.3 Å². The molecule has 25 heavy (non-hydrogen) atoms. The van der Waals surface area contributed by atoms with Crippen LogP contribution in [0, 0.1) is 0 Å². The molecular weight excluding hydrogens is 332 g/mol. The van der Waals surface area contributed by atoms with E-state index in [9.17, 15) is 9.59 Å². The number of hydrogen-bond donors (Lipinski definition) is 1. The highest BCUT2D eigenvalue weighted by molar-refractivity contribution is 8.15. The zero-order valence-corrected chi connectivity index (χ0v) is 14.6. The minimum absolute atomic E-state index is 0.191. The van der Waals surface area contributed by atoms with E-state index in [0.717, 1.165) is 28.2 Å². The first-order valence-electron chi connectivity index (χ1n) is 8.28. The fourth-order valence-electron chi connectivity index (χ4n) is 3.39. The Morgan fingerprint density at radius 1 is 1.08 bits per heavy atom. The van der Waals surface area contributed by atoms with Crippen molar-refractivity contribution in [2.75, 3.05) is 0 Å². The number of fused-ring (bicyclic) bond motifs is 1. The van der Waals surface area contributed by atoms with Crippen LogP contribution in [-0.4, -0.2) is 21.0 Å². The van der Waals surface area contributed by atoms with Gasteiger partial charge in [-0.3, -0.25) is 14.9 Å². The number of rotatable bonds is 4. The van der Waals surface area contributed by atoms with Crippen molar-refractivity contribution in [1.82, 2.24) is 9.88 Å². The largest absolute Gasteiger partial charge is 0.340 e. The minimum Gasteiger partial charge on any atom is -0.340 e. The summed E-state index contributed by atoms with van der Waals surface area (Å²) in [6.07, 6.45) is 2.65. The predicted octanol–water partition coefficient (Wildman–Crippen LogP) is 4.14. The molecule has 0 spiro atoms. The van der Waals surface area contributed by atoms with Crippen LogP contribution in [0.1, 0.15) is 24.1 Å². The first kappa shape index (κ1) is 16.0. The Bertz CT molecular complexity index is 949. The Morgan fingerprint density at radius 3 is 2.60 bits per heavy atom. The highest BCUT2D eigenvalue weighted by atomic mass is 32.2.